The third-order valence-electron chi connectivity index (χ3n) is 2.50. The van der Waals surface area contributed by atoms with Crippen LogP contribution in [0.2, 0.25) is 0 Å². The molecule has 0 amide bonds. The molecule has 2 heteroatoms. The molecule has 1 heterocycles. The number of anilines is 1. The number of thiophene rings is 1. The van der Waals surface area contributed by atoms with Gasteiger partial charge in [-0.05, 0) is 24.3 Å². The minimum Gasteiger partial charge on any atom is -0.382 e. The lowest BCUT2D eigenvalue weighted by molar-refractivity contribution is 0.463. The van der Waals surface area contributed by atoms with E-state index in [4.69, 9.17) is 0 Å². The third kappa shape index (κ3) is 2.01. The number of hydrogen-bond acceptors (Lipinski definition) is 2. The van der Waals surface area contributed by atoms with Crippen molar-refractivity contribution in [3.63, 3.8) is 0 Å². The van der Waals surface area contributed by atoms with E-state index in [1.807, 2.05) is 0 Å². The van der Waals surface area contributed by atoms with Crippen LogP contribution in [0.1, 0.15) is 32.1 Å². The van der Waals surface area contributed by atoms with Crippen molar-refractivity contribution in [2.75, 3.05) is 5.32 Å². The minimum absolute atomic E-state index is 0.744. The smallest absolute Gasteiger partial charge is 0.0450 e. The van der Waals surface area contributed by atoms with Gasteiger partial charge in [0.25, 0.3) is 0 Å². The molecule has 0 unspecified atom stereocenters. The van der Waals surface area contributed by atoms with Gasteiger partial charge in [0.15, 0.2) is 0 Å². The number of hydrogen-bond donors (Lipinski definition) is 1. The summed E-state index contributed by atoms with van der Waals surface area (Å²) in [7, 11) is 0. The Balaban J connectivity index is 1.86. The van der Waals surface area contributed by atoms with Crippen LogP contribution < -0.4 is 5.32 Å². The largest absolute Gasteiger partial charge is 0.382 e. The molecule has 0 bridgehead atoms. The molecule has 0 spiro atoms. The Morgan fingerprint density at radius 3 is 2.75 bits per heavy atom. The SMILES string of the molecule is c1cc(NC2CCCCC2)cs1. The fraction of sp³-hybridized carbons (Fsp3) is 0.600. The second-order valence-electron chi connectivity index (χ2n) is 3.49. The van der Waals surface area contributed by atoms with E-state index < -0.39 is 0 Å². The van der Waals surface area contributed by atoms with E-state index in [-0.39, 0.29) is 0 Å². The monoisotopic (exact) mass is 181 g/mol. The fourth-order valence-electron chi connectivity index (χ4n) is 1.83. The van der Waals surface area contributed by atoms with Crippen molar-refractivity contribution >= 4 is 17.0 Å². The molecule has 1 aromatic heterocycles. The Kier molecular flexibility index (Phi) is 2.67. The number of nitrogens with one attached hydrogen (secondary N) is 1. The molecule has 0 aromatic carbocycles. The van der Waals surface area contributed by atoms with E-state index in [2.05, 4.69) is 22.1 Å². The van der Waals surface area contributed by atoms with Gasteiger partial charge in [0.05, 0.1) is 0 Å². The van der Waals surface area contributed by atoms with E-state index in [0.717, 1.165) is 6.04 Å². The van der Waals surface area contributed by atoms with Crippen LogP contribution in [0.25, 0.3) is 0 Å². The highest BCUT2D eigenvalue weighted by Gasteiger charge is 2.12. The summed E-state index contributed by atoms with van der Waals surface area (Å²) in [5, 5.41) is 7.89. The summed E-state index contributed by atoms with van der Waals surface area (Å²) >= 11 is 1.77. The summed E-state index contributed by atoms with van der Waals surface area (Å²) in [5.41, 5.74) is 1.31. The van der Waals surface area contributed by atoms with Crippen molar-refractivity contribution in [1.29, 1.82) is 0 Å². The van der Waals surface area contributed by atoms with Crippen molar-refractivity contribution < 1.29 is 0 Å². The predicted molar refractivity (Wildman–Crippen MR) is 54.8 cm³/mol. The summed E-state index contributed by atoms with van der Waals surface area (Å²) in [6.45, 7) is 0. The third-order valence-corrected chi connectivity index (χ3v) is 3.18. The van der Waals surface area contributed by atoms with E-state index in [9.17, 15) is 0 Å². The Hall–Kier alpha value is -0.500. The molecule has 0 saturated heterocycles. The lowest BCUT2D eigenvalue weighted by Gasteiger charge is -2.22. The first-order chi connectivity index (χ1) is 5.95. The number of rotatable bonds is 2. The van der Waals surface area contributed by atoms with Crippen LogP contribution >= 0.6 is 11.3 Å². The van der Waals surface area contributed by atoms with Gasteiger partial charge in [0.2, 0.25) is 0 Å². The topological polar surface area (TPSA) is 12.0 Å². The Bertz CT molecular complexity index is 212. The summed E-state index contributed by atoms with van der Waals surface area (Å²) in [6.07, 6.45) is 6.96. The van der Waals surface area contributed by atoms with Crippen LogP contribution in [0.4, 0.5) is 5.69 Å². The van der Waals surface area contributed by atoms with Gasteiger partial charge in [0.1, 0.15) is 0 Å². The normalized spacial score (nSPS) is 19.3. The van der Waals surface area contributed by atoms with Crippen LogP contribution in [0, 0.1) is 0 Å². The van der Waals surface area contributed by atoms with Gasteiger partial charge in [-0.15, -0.1) is 0 Å². The van der Waals surface area contributed by atoms with Gasteiger partial charge in [-0.25, -0.2) is 0 Å². The molecule has 1 nitrogen and oxygen atoms in total. The first-order valence-electron chi connectivity index (χ1n) is 4.74. The molecule has 2 rings (SSSR count). The quantitative estimate of drug-likeness (QED) is 0.736. The molecule has 1 aliphatic rings. The maximum Gasteiger partial charge on any atom is 0.0450 e. The summed E-state index contributed by atoms with van der Waals surface area (Å²) in [6, 6.07) is 2.91. The second kappa shape index (κ2) is 3.94. The molecule has 1 saturated carbocycles. The molecular weight excluding hydrogens is 166 g/mol. The molecule has 12 heavy (non-hydrogen) atoms. The van der Waals surface area contributed by atoms with E-state index in [1.54, 1.807) is 11.3 Å². The van der Waals surface area contributed by atoms with Gasteiger partial charge >= 0.3 is 0 Å². The van der Waals surface area contributed by atoms with E-state index >= 15 is 0 Å². The molecule has 1 fully saturated rings. The van der Waals surface area contributed by atoms with Gasteiger partial charge in [-0.1, -0.05) is 19.3 Å². The lowest BCUT2D eigenvalue weighted by atomic mass is 9.95. The highest BCUT2D eigenvalue weighted by Crippen LogP contribution is 2.22. The Morgan fingerprint density at radius 1 is 1.25 bits per heavy atom. The molecule has 0 atom stereocenters. The zero-order valence-corrected chi connectivity index (χ0v) is 8.07. The molecular formula is C10H15NS. The zero-order chi connectivity index (χ0) is 8.23. The van der Waals surface area contributed by atoms with Crippen LogP contribution in [-0.2, 0) is 0 Å². The van der Waals surface area contributed by atoms with Gasteiger partial charge < -0.3 is 5.32 Å². The van der Waals surface area contributed by atoms with Gasteiger partial charge in [0, 0.05) is 17.1 Å². The molecule has 66 valence electrons. The molecule has 0 radical (unpaired) electrons. The molecule has 0 aliphatic heterocycles. The highest BCUT2D eigenvalue weighted by molar-refractivity contribution is 7.08. The average molecular weight is 181 g/mol. The fourth-order valence-corrected chi connectivity index (χ4v) is 2.43. The first-order valence-corrected chi connectivity index (χ1v) is 5.68. The van der Waals surface area contributed by atoms with Crippen LogP contribution in [-0.4, -0.2) is 6.04 Å². The standard InChI is InChI=1S/C10H15NS/c1-2-4-9(5-3-1)11-10-6-7-12-8-10/h6-9,11H,1-5H2. The summed E-state index contributed by atoms with van der Waals surface area (Å²) < 4.78 is 0. The van der Waals surface area contributed by atoms with Crippen molar-refractivity contribution in [3.05, 3.63) is 16.8 Å². The van der Waals surface area contributed by atoms with Crippen molar-refractivity contribution in [2.24, 2.45) is 0 Å². The minimum atomic E-state index is 0.744. The van der Waals surface area contributed by atoms with Crippen molar-refractivity contribution in [1.82, 2.24) is 0 Å². The maximum atomic E-state index is 3.57. The van der Waals surface area contributed by atoms with Crippen molar-refractivity contribution in [3.8, 4) is 0 Å². The summed E-state index contributed by atoms with van der Waals surface area (Å²) in [4.78, 5) is 0. The van der Waals surface area contributed by atoms with Crippen LogP contribution in [0.15, 0.2) is 16.8 Å². The second-order valence-corrected chi connectivity index (χ2v) is 4.27. The van der Waals surface area contributed by atoms with Gasteiger partial charge in [-0.2, -0.15) is 11.3 Å². The van der Waals surface area contributed by atoms with Gasteiger partial charge in [-0.3, -0.25) is 0 Å². The first kappa shape index (κ1) is 8.11. The maximum absolute atomic E-state index is 3.57. The molecule has 1 aromatic rings. The Morgan fingerprint density at radius 2 is 2.08 bits per heavy atom. The summed E-state index contributed by atoms with van der Waals surface area (Å²) in [5.74, 6) is 0. The van der Waals surface area contributed by atoms with Crippen LogP contribution in [0.5, 0.6) is 0 Å². The Labute approximate surface area is 77.8 Å². The van der Waals surface area contributed by atoms with E-state index in [0.29, 0.717) is 0 Å². The highest BCUT2D eigenvalue weighted by atomic mass is 32.1. The van der Waals surface area contributed by atoms with Crippen molar-refractivity contribution in [2.45, 2.75) is 38.1 Å². The molecule has 1 N–H and O–H groups in total. The van der Waals surface area contributed by atoms with E-state index in [1.165, 1.54) is 37.8 Å². The lowest BCUT2D eigenvalue weighted by Crippen LogP contribution is -2.21. The average Bonchev–Trinajstić information content (AvgIpc) is 2.59. The molecule has 1 aliphatic carbocycles. The zero-order valence-electron chi connectivity index (χ0n) is 7.25. The van der Waals surface area contributed by atoms with Crippen LogP contribution in [0.3, 0.4) is 0 Å². The predicted octanol–water partition coefficient (Wildman–Crippen LogP) is 3.49.